The van der Waals surface area contributed by atoms with Gasteiger partial charge >= 0.3 is 5.97 Å². The highest BCUT2D eigenvalue weighted by molar-refractivity contribution is 5.93. The number of piperazine rings is 1. The van der Waals surface area contributed by atoms with Crippen LogP contribution < -0.4 is 0 Å². The van der Waals surface area contributed by atoms with Gasteiger partial charge in [-0.25, -0.2) is 14.8 Å². The van der Waals surface area contributed by atoms with Crippen molar-refractivity contribution in [2.45, 2.75) is 13.1 Å². The summed E-state index contributed by atoms with van der Waals surface area (Å²) in [4.78, 5) is 47.0. The van der Waals surface area contributed by atoms with Crippen LogP contribution in [0.5, 0.6) is 0 Å². The molecule has 0 saturated carbocycles. The van der Waals surface area contributed by atoms with Crippen molar-refractivity contribution >= 4 is 28.8 Å². The van der Waals surface area contributed by atoms with Crippen LogP contribution in [0.4, 0.5) is 0 Å². The fraction of sp³-hybridized carbons (Fsp3) is 0.278. The summed E-state index contributed by atoms with van der Waals surface area (Å²) in [6.45, 7) is 0.389. The average molecular weight is 383 g/mol. The Labute approximate surface area is 159 Å². The predicted octanol–water partition coefficient (Wildman–Crippen LogP) is 0.571. The number of nitrogens with zero attached hydrogens (tertiary/aromatic N) is 5. The first kappa shape index (κ1) is 17.7. The van der Waals surface area contributed by atoms with Crippen LogP contribution in [0.2, 0.25) is 0 Å². The van der Waals surface area contributed by atoms with E-state index in [2.05, 4.69) is 9.97 Å². The van der Waals surface area contributed by atoms with Crippen LogP contribution in [0.15, 0.2) is 35.2 Å². The second kappa shape index (κ2) is 6.80. The van der Waals surface area contributed by atoms with Crippen LogP contribution in [-0.4, -0.2) is 67.4 Å². The molecule has 1 fully saturated rings. The number of carboxylic acids is 1. The molecule has 3 heterocycles. The molecule has 1 aliphatic rings. The number of carbonyl (C=O) groups is 3. The number of oxazole rings is 1. The van der Waals surface area contributed by atoms with Gasteiger partial charge < -0.3 is 23.9 Å². The zero-order valence-electron chi connectivity index (χ0n) is 15.0. The molecule has 2 amide bonds. The molecule has 1 saturated heterocycles. The Balaban J connectivity index is 1.75. The van der Waals surface area contributed by atoms with Crippen molar-refractivity contribution < 1.29 is 23.9 Å². The van der Waals surface area contributed by atoms with Gasteiger partial charge in [0.05, 0.1) is 42.4 Å². The Kier molecular flexibility index (Phi) is 4.30. The van der Waals surface area contributed by atoms with Crippen LogP contribution in [0, 0.1) is 0 Å². The highest BCUT2D eigenvalue weighted by atomic mass is 16.4. The van der Waals surface area contributed by atoms with Gasteiger partial charge in [-0.3, -0.25) is 9.59 Å². The summed E-state index contributed by atoms with van der Waals surface area (Å²) in [6, 6.07) is 4.63. The topological polar surface area (TPSA) is 122 Å². The van der Waals surface area contributed by atoms with Crippen molar-refractivity contribution in [3.05, 3.63) is 47.9 Å². The summed E-state index contributed by atoms with van der Waals surface area (Å²) in [7, 11) is 1.59. The van der Waals surface area contributed by atoms with E-state index in [1.165, 1.54) is 28.3 Å². The second-order valence-corrected chi connectivity index (χ2v) is 6.59. The number of hydrogen-bond acceptors (Lipinski definition) is 6. The molecule has 10 heteroatoms. The summed E-state index contributed by atoms with van der Waals surface area (Å²) in [6.07, 6.45) is 2.86. The third-order valence-corrected chi connectivity index (χ3v) is 4.68. The molecule has 0 bridgehead atoms. The Bertz CT molecular complexity index is 1070. The molecule has 0 unspecified atom stereocenters. The molecular weight excluding hydrogens is 366 g/mol. The lowest BCUT2D eigenvalue weighted by atomic mass is 10.2. The highest BCUT2D eigenvalue weighted by Crippen LogP contribution is 2.22. The SMILES string of the molecule is CN1CC(=O)N(Cc2nc3ccc(C(=O)O)cc3n2Cc2cnco2)CC1=O. The van der Waals surface area contributed by atoms with Gasteiger partial charge in [-0.2, -0.15) is 0 Å². The molecule has 0 atom stereocenters. The Morgan fingerprint density at radius 2 is 2.04 bits per heavy atom. The minimum Gasteiger partial charge on any atom is -0.478 e. The second-order valence-electron chi connectivity index (χ2n) is 6.59. The van der Waals surface area contributed by atoms with Gasteiger partial charge in [-0.15, -0.1) is 0 Å². The monoisotopic (exact) mass is 383 g/mol. The summed E-state index contributed by atoms with van der Waals surface area (Å²) in [5, 5.41) is 9.30. The van der Waals surface area contributed by atoms with E-state index in [4.69, 9.17) is 4.42 Å². The quantitative estimate of drug-likeness (QED) is 0.683. The maximum absolute atomic E-state index is 12.3. The number of aromatic carboxylic acids is 1. The first-order chi connectivity index (χ1) is 13.4. The van der Waals surface area contributed by atoms with Crippen molar-refractivity contribution in [2.75, 3.05) is 20.1 Å². The number of carbonyl (C=O) groups excluding carboxylic acids is 2. The molecule has 10 nitrogen and oxygen atoms in total. The zero-order chi connectivity index (χ0) is 19.8. The van der Waals surface area contributed by atoms with E-state index in [1.807, 2.05) is 0 Å². The number of likely N-dealkylation sites (N-methyl/N-ethyl adjacent to an activating group) is 1. The van der Waals surface area contributed by atoms with Crippen molar-refractivity contribution in [1.82, 2.24) is 24.3 Å². The van der Waals surface area contributed by atoms with E-state index < -0.39 is 5.97 Å². The molecule has 0 radical (unpaired) electrons. The van der Waals surface area contributed by atoms with E-state index in [0.29, 0.717) is 22.6 Å². The number of fused-ring (bicyclic) bond motifs is 1. The molecule has 3 aromatic rings. The van der Waals surface area contributed by atoms with Crippen LogP contribution in [0.3, 0.4) is 0 Å². The van der Waals surface area contributed by atoms with E-state index >= 15 is 0 Å². The van der Waals surface area contributed by atoms with E-state index in [0.717, 1.165) is 0 Å². The van der Waals surface area contributed by atoms with Crippen LogP contribution in [0.25, 0.3) is 11.0 Å². The standard InChI is InChI=1S/C18H17N5O5/c1-21-8-17(25)22(9-16(21)24)7-15-20-13-3-2-11(18(26)27)4-14(13)23(15)6-12-5-19-10-28-12/h2-5,10H,6-9H2,1H3,(H,26,27). The Morgan fingerprint density at radius 1 is 1.21 bits per heavy atom. The molecule has 1 N–H and O–H groups in total. The number of carboxylic acid groups (broad SMARTS) is 1. The molecule has 4 rings (SSSR count). The van der Waals surface area contributed by atoms with Crippen LogP contribution in [-0.2, 0) is 22.7 Å². The number of rotatable bonds is 5. The van der Waals surface area contributed by atoms with Crippen molar-refractivity contribution in [1.29, 1.82) is 0 Å². The minimum absolute atomic E-state index is 0.0182. The van der Waals surface area contributed by atoms with Gasteiger partial charge in [0, 0.05) is 7.05 Å². The summed E-state index contributed by atoms with van der Waals surface area (Å²) in [5.41, 5.74) is 1.32. The molecule has 28 heavy (non-hydrogen) atoms. The highest BCUT2D eigenvalue weighted by Gasteiger charge is 2.29. The third kappa shape index (κ3) is 3.20. The third-order valence-electron chi connectivity index (χ3n) is 4.68. The van der Waals surface area contributed by atoms with Gasteiger partial charge in [0.25, 0.3) is 0 Å². The molecule has 0 aliphatic carbocycles. The van der Waals surface area contributed by atoms with Crippen LogP contribution in [0.1, 0.15) is 21.9 Å². The number of benzene rings is 1. The Hall–Kier alpha value is -3.69. The molecule has 0 spiro atoms. The van der Waals surface area contributed by atoms with E-state index in [-0.39, 0.29) is 43.6 Å². The zero-order valence-corrected chi connectivity index (χ0v) is 15.0. The maximum Gasteiger partial charge on any atom is 0.335 e. The van der Waals surface area contributed by atoms with Crippen LogP contribution >= 0.6 is 0 Å². The largest absolute Gasteiger partial charge is 0.478 e. The first-order valence-corrected chi connectivity index (χ1v) is 8.54. The molecular formula is C18H17N5O5. The molecule has 2 aromatic heterocycles. The summed E-state index contributed by atoms with van der Waals surface area (Å²) in [5.74, 6) is -0.283. The fourth-order valence-corrected chi connectivity index (χ4v) is 3.16. The molecule has 1 aliphatic heterocycles. The molecule has 1 aromatic carbocycles. The summed E-state index contributed by atoms with van der Waals surface area (Å²) < 4.78 is 7.09. The Morgan fingerprint density at radius 3 is 2.75 bits per heavy atom. The number of amides is 2. The summed E-state index contributed by atoms with van der Waals surface area (Å²) >= 11 is 0. The van der Waals surface area contributed by atoms with E-state index in [9.17, 15) is 19.5 Å². The van der Waals surface area contributed by atoms with Crippen molar-refractivity contribution in [2.24, 2.45) is 0 Å². The van der Waals surface area contributed by atoms with Gasteiger partial charge in [-0.05, 0) is 18.2 Å². The van der Waals surface area contributed by atoms with Gasteiger partial charge in [0.1, 0.15) is 18.1 Å². The lowest BCUT2D eigenvalue weighted by Gasteiger charge is -2.31. The van der Waals surface area contributed by atoms with Crippen molar-refractivity contribution in [3.63, 3.8) is 0 Å². The van der Waals surface area contributed by atoms with Gasteiger partial charge in [-0.1, -0.05) is 0 Å². The number of imidazole rings is 1. The maximum atomic E-state index is 12.3. The molecule has 144 valence electrons. The van der Waals surface area contributed by atoms with Gasteiger partial charge in [0.2, 0.25) is 11.8 Å². The average Bonchev–Trinajstić information content (AvgIpc) is 3.28. The minimum atomic E-state index is -1.05. The van der Waals surface area contributed by atoms with Gasteiger partial charge in [0.15, 0.2) is 6.39 Å². The first-order valence-electron chi connectivity index (χ1n) is 8.54. The lowest BCUT2D eigenvalue weighted by molar-refractivity contribution is -0.149. The normalized spacial score (nSPS) is 14.9. The lowest BCUT2D eigenvalue weighted by Crippen LogP contribution is -2.51. The fourth-order valence-electron chi connectivity index (χ4n) is 3.16. The van der Waals surface area contributed by atoms with E-state index in [1.54, 1.807) is 23.9 Å². The predicted molar refractivity (Wildman–Crippen MR) is 95.4 cm³/mol. The number of hydrogen-bond donors (Lipinski definition) is 1. The number of aromatic nitrogens is 3. The smallest absolute Gasteiger partial charge is 0.335 e. The van der Waals surface area contributed by atoms with Crippen molar-refractivity contribution in [3.8, 4) is 0 Å².